The van der Waals surface area contributed by atoms with Crippen LogP contribution in [-0.2, 0) is 10.0 Å². The molecule has 2 rings (SSSR count). The maximum absolute atomic E-state index is 11.8. The zero-order valence-corrected chi connectivity index (χ0v) is 13.1. The van der Waals surface area contributed by atoms with Crippen LogP contribution in [0.2, 0.25) is 0 Å². The predicted octanol–water partition coefficient (Wildman–Crippen LogP) is 2.54. The summed E-state index contributed by atoms with van der Waals surface area (Å²) in [4.78, 5) is 0.172. The molecule has 0 bridgehead atoms. The van der Waals surface area contributed by atoms with Gasteiger partial charge in [-0.1, -0.05) is 6.07 Å². The molecule has 0 aromatic heterocycles. The third-order valence-corrected chi connectivity index (χ3v) is 4.52. The van der Waals surface area contributed by atoms with E-state index in [1.165, 1.54) is 19.2 Å². The van der Waals surface area contributed by atoms with Crippen LogP contribution in [0.25, 0.3) is 0 Å². The Labute approximate surface area is 125 Å². The maximum Gasteiger partial charge on any atom is 0.240 e. The molecule has 0 amide bonds. The minimum absolute atomic E-state index is 0.172. The van der Waals surface area contributed by atoms with Gasteiger partial charge in [0, 0.05) is 5.69 Å². The third-order valence-electron chi connectivity index (χ3n) is 3.10. The van der Waals surface area contributed by atoms with E-state index in [1.807, 2.05) is 26.0 Å². The maximum atomic E-state index is 11.8. The summed E-state index contributed by atoms with van der Waals surface area (Å²) in [7, 11) is -2.11. The molecule has 2 aromatic rings. The second-order valence-electron chi connectivity index (χ2n) is 4.96. The van der Waals surface area contributed by atoms with E-state index >= 15 is 0 Å². The average molecular weight is 305 g/mol. The zero-order chi connectivity index (χ0) is 15.6. The summed E-state index contributed by atoms with van der Waals surface area (Å²) in [6.07, 6.45) is 0. The van der Waals surface area contributed by atoms with Crippen molar-refractivity contribution >= 4 is 27.1 Å². The first-order valence-electron chi connectivity index (χ1n) is 6.50. The molecule has 4 N–H and O–H groups in total. The first-order valence-corrected chi connectivity index (χ1v) is 7.98. The fourth-order valence-corrected chi connectivity index (χ4v) is 2.89. The summed E-state index contributed by atoms with van der Waals surface area (Å²) in [5.74, 6) is 0. The van der Waals surface area contributed by atoms with Gasteiger partial charge >= 0.3 is 0 Å². The van der Waals surface area contributed by atoms with E-state index in [0.29, 0.717) is 11.4 Å². The van der Waals surface area contributed by atoms with E-state index in [1.54, 1.807) is 6.07 Å². The summed E-state index contributed by atoms with van der Waals surface area (Å²) >= 11 is 0. The molecule has 0 spiro atoms. The van der Waals surface area contributed by atoms with Gasteiger partial charge in [-0.3, -0.25) is 0 Å². The van der Waals surface area contributed by atoms with Crippen LogP contribution in [0, 0.1) is 13.8 Å². The number of rotatable bonds is 4. The predicted molar refractivity (Wildman–Crippen MR) is 86.3 cm³/mol. The molecule has 0 heterocycles. The summed E-state index contributed by atoms with van der Waals surface area (Å²) in [5, 5.41) is 3.17. The summed E-state index contributed by atoms with van der Waals surface area (Å²) in [6, 6.07) is 10.6. The van der Waals surface area contributed by atoms with Crippen LogP contribution in [0.3, 0.4) is 0 Å². The molecule has 2 aromatic carbocycles. The number of hydrogen-bond acceptors (Lipinski definition) is 4. The molecule has 0 aliphatic rings. The lowest BCUT2D eigenvalue weighted by atomic mass is 10.1. The fourth-order valence-electron chi connectivity index (χ4n) is 2.13. The van der Waals surface area contributed by atoms with E-state index in [-0.39, 0.29) is 4.90 Å². The topological polar surface area (TPSA) is 84.2 Å². The standard InChI is InChI=1S/C15H19N3O2S/c1-10-6-11(2)8-12(7-10)18-15-9-13(4-5-14(15)16)21(19,20)17-3/h4-9,17-18H,16H2,1-3H3. The molecule has 0 saturated heterocycles. The molecule has 112 valence electrons. The van der Waals surface area contributed by atoms with Crippen molar-refractivity contribution in [1.82, 2.24) is 4.72 Å². The molecular formula is C15H19N3O2S. The molecule has 21 heavy (non-hydrogen) atoms. The van der Waals surface area contributed by atoms with Gasteiger partial charge in [-0.25, -0.2) is 13.1 Å². The van der Waals surface area contributed by atoms with Crippen molar-refractivity contribution < 1.29 is 8.42 Å². The minimum atomic E-state index is -3.49. The van der Waals surface area contributed by atoms with Crippen LogP contribution < -0.4 is 15.8 Å². The van der Waals surface area contributed by atoms with E-state index in [4.69, 9.17) is 5.73 Å². The van der Waals surface area contributed by atoms with E-state index in [0.717, 1.165) is 16.8 Å². The van der Waals surface area contributed by atoms with Gasteiger partial charge in [0.25, 0.3) is 0 Å². The van der Waals surface area contributed by atoms with Crippen LogP contribution in [0.4, 0.5) is 17.1 Å². The molecule has 0 aliphatic heterocycles. The second kappa shape index (κ2) is 5.75. The third kappa shape index (κ3) is 3.53. The van der Waals surface area contributed by atoms with Crippen molar-refractivity contribution in [3.8, 4) is 0 Å². The van der Waals surface area contributed by atoms with Gasteiger partial charge in [0.1, 0.15) is 0 Å². The smallest absolute Gasteiger partial charge is 0.240 e. The number of nitrogens with two attached hydrogens (primary N) is 1. The number of sulfonamides is 1. The Morgan fingerprint density at radius 3 is 2.19 bits per heavy atom. The van der Waals surface area contributed by atoms with Gasteiger partial charge in [-0.15, -0.1) is 0 Å². The van der Waals surface area contributed by atoms with Crippen LogP contribution in [0.5, 0.6) is 0 Å². The molecule has 5 nitrogen and oxygen atoms in total. The highest BCUT2D eigenvalue weighted by Gasteiger charge is 2.13. The van der Waals surface area contributed by atoms with Gasteiger partial charge in [0.05, 0.1) is 16.3 Å². The normalized spacial score (nSPS) is 11.4. The lowest BCUT2D eigenvalue weighted by Crippen LogP contribution is -2.18. The highest BCUT2D eigenvalue weighted by molar-refractivity contribution is 7.89. The fraction of sp³-hybridized carbons (Fsp3) is 0.200. The number of aryl methyl sites for hydroxylation is 2. The van der Waals surface area contributed by atoms with Gasteiger partial charge in [-0.2, -0.15) is 0 Å². The highest BCUT2D eigenvalue weighted by atomic mass is 32.2. The number of benzene rings is 2. The van der Waals surface area contributed by atoms with Crippen LogP contribution in [0.15, 0.2) is 41.3 Å². The van der Waals surface area contributed by atoms with Gasteiger partial charge in [0.15, 0.2) is 0 Å². The van der Waals surface area contributed by atoms with Crippen molar-refractivity contribution in [2.45, 2.75) is 18.7 Å². The molecule has 0 atom stereocenters. The van der Waals surface area contributed by atoms with Gasteiger partial charge < -0.3 is 11.1 Å². The molecule has 0 saturated carbocycles. The number of nitrogen functional groups attached to an aromatic ring is 1. The average Bonchev–Trinajstić information content (AvgIpc) is 2.40. The molecular weight excluding hydrogens is 286 g/mol. The van der Waals surface area contributed by atoms with Crippen molar-refractivity contribution in [2.24, 2.45) is 0 Å². The Morgan fingerprint density at radius 2 is 1.62 bits per heavy atom. The Kier molecular flexibility index (Phi) is 4.20. The zero-order valence-electron chi connectivity index (χ0n) is 12.3. The summed E-state index contributed by atoms with van der Waals surface area (Å²) in [5.41, 5.74) is 10.1. The van der Waals surface area contributed by atoms with Crippen molar-refractivity contribution in [3.63, 3.8) is 0 Å². The Balaban J connectivity index is 2.42. The van der Waals surface area contributed by atoms with E-state index in [2.05, 4.69) is 16.1 Å². The molecule has 0 aliphatic carbocycles. The van der Waals surface area contributed by atoms with E-state index < -0.39 is 10.0 Å². The first-order chi connectivity index (χ1) is 9.81. The van der Waals surface area contributed by atoms with E-state index in [9.17, 15) is 8.42 Å². The lowest BCUT2D eigenvalue weighted by molar-refractivity contribution is 0.588. The molecule has 0 unspecified atom stereocenters. The van der Waals surface area contributed by atoms with Crippen LogP contribution in [-0.4, -0.2) is 15.5 Å². The number of nitrogens with one attached hydrogen (secondary N) is 2. The summed E-state index contributed by atoms with van der Waals surface area (Å²) < 4.78 is 26.0. The first kappa shape index (κ1) is 15.3. The minimum Gasteiger partial charge on any atom is -0.397 e. The monoisotopic (exact) mass is 305 g/mol. The largest absolute Gasteiger partial charge is 0.397 e. The Hall–Kier alpha value is -2.05. The SMILES string of the molecule is CNS(=O)(=O)c1ccc(N)c(Nc2cc(C)cc(C)c2)c1. The molecule has 6 heteroatoms. The van der Waals surface area contributed by atoms with Gasteiger partial charge in [0.2, 0.25) is 10.0 Å². The summed E-state index contributed by atoms with van der Waals surface area (Å²) in [6.45, 7) is 4.01. The van der Waals surface area contributed by atoms with Gasteiger partial charge in [-0.05, 0) is 62.4 Å². The lowest BCUT2D eigenvalue weighted by Gasteiger charge is -2.13. The molecule has 0 radical (unpaired) electrons. The number of anilines is 3. The Morgan fingerprint density at radius 1 is 1.00 bits per heavy atom. The molecule has 0 fully saturated rings. The Bertz CT molecular complexity index is 750. The van der Waals surface area contributed by atoms with Crippen molar-refractivity contribution in [2.75, 3.05) is 18.1 Å². The quantitative estimate of drug-likeness (QED) is 0.758. The van der Waals surface area contributed by atoms with Crippen LogP contribution >= 0.6 is 0 Å². The van der Waals surface area contributed by atoms with Crippen molar-refractivity contribution in [3.05, 3.63) is 47.5 Å². The second-order valence-corrected chi connectivity index (χ2v) is 6.84. The number of hydrogen-bond donors (Lipinski definition) is 3. The highest BCUT2D eigenvalue weighted by Crippen LogP contribution is 2.27. The van der Waals surface area contributed by atoms with Crippen molar-refractivity contribution in [1.29, 1.82) is 0 Å². The van der Waals surface area contributed by atoms with Crippen LogP contribution in [0.1, 0.15) is 11.1 Å².